The Labute approximate surface area is 119 Å². The van der Waals surface area contributed by atoms with Gasteiger partial charge in [0.25, 0.3) is 0 Å². The van der Waals surface area contributed by atoms with Crippen LogP contribution in [0.3, 0.4) is 0 Å². The van der Waals surface area contributed by atoms with Gasteiger partial charge < -0.3 is 25.0 Å². The fourth-order valence-corrected chi connectivity index (χ4v) is 2.20. The van der Waals surface area contributed by atoms with Gasteiger partial charge in [-0.2, -0.15) is 0 Å². The smallest absolute Gasteiger partial charge is 0.317 e. The minimum atomic E-state index is -0.860. The molecule has 1 aliphatic rings. The van der Waals surface area contributed by atoms with Gasteiger partial charge in [0.05, 0.1) is 19.6 Å². The number of ether oxygens (including phenoxy) is 1. The Morgan fingerprint density at radius 2 is 2.15 bits per heavy atom. The molecule has 0 aromatic carbocycles. The number of hydrogen-bond donors (Lipinski definition) is 2. The van der Waals surface area contributed by atoms with E-state index in [1.807, 2.05) is 19.0 Å². The number of likely N-dealkylation sites (N-methyl/N-ethyl adjacent to an activating group) is 1. The molecule has 7 heteroatoms. The molecule has 0 aromatic rings. The maximum absolute atomic E-state index is 11.9. The Balaban J connectivity index is 2.16. The second kappa shape index (κ2) is 8.76. The second-order valence-electron chi connectivity index (χ2n) is 5.23. The van der Waals surface area contributed by atoms with Crippen LogP contribution >= 0.6 is 0 Å². The summed E-state index contributed by atoms with van der Waals surface area (Å²) in [5.74, 6) is -0.860. The van der Waals surface area contributed by atoms with Crippen LogP contribution in [0.15, 0.2) is 0 Å². The van der Waals surface area contributed by atoms with Crippen molar-refractivity contribution in [1.29, 1.82) is 0 Å². The fraction of sp³-hybridized carbons (Fsp3) is 0.846. The first-order chi connectivity index (χ1) is 9.50. The molecule has 1 unspecified atom stereocenters. The van der Waals surface area contributed by atoms with Crippen molar-refractivity contribution < 1.29 is 19.4 Å². The first-order valence-corrected chi connectivity index (χ1v) is 6.99. The molecule has 1 rings (SSSR count). The summed E-state index contributed by atoms with van der Waals surface area (Å²) in [6.45, 7) is 3.03. The van der Waals surface area contributed by atoms with Gasteiger partial charge in [-0.1, -0.05) is 0 Å². The Morgan fingerprint density at radius 3 is 2.80 bits per heavy atom. The summed E-state index contributed by atoms with van der Waals surface area (Å²) < 4.78 is 5.38. The first kappa shape index (κ1) is 16.7. The zero-order valence-corrected chi connectivity index (χ0v) is 12.3. The molecular formula is C13H25N3O4. The van der Waals surface area contributed by atoms with Crippen molar-refractivity contribution in [3.8, 4) is 0 Å². The minimum Gasteiger partial charge on any atom is -0.481 e. The summed E-state index contributed by atoms with van der Waals surface area (Å²) in [6, 6.07) is -0.368. The molecule has 1 aliphatic heterocycles. The van der Waals surface area contributed by atoms with Gasteiger partial charge in [-0.05, 0) is 26.9 Å². The molecule has 1 heterocycles. The highest BCUT2D eigenvalue weighted by Gasteiger charge is 2.29. The molecular weight excluding hydrogens is 262 g/mol. The molecule has 20 heavy (non-hydrogen) atoms. The van der Waals surface area contributed by atoms with E-state index in [4.69, 9.17) is 9.84 Å². The van der Waals surface area contributed by atoms with Gasteiger partial charge in [-0.3, -0.25) is 4.79 Å². The number of nitrogens with one attached hydrogen (secondary N) is 1. The van der Waals surface area contributed by atoms with Crippen molar-refractivity contribution in [2.24, 2.45) is 0 Å². The van der Waals surface area contributed by atoms with Crippen molar-refractivity contribution >= 4 is 12.0 Å². The van der Waals surface area contributed by atoms with E-state index in [-0.39, 0.29) is 18.5 Å². The number of rotatable bonds is 8. The lowest BCUT2D eigenvalue weighted by Gasteiger charge is -2.23. The second-order valence-corrected chi connectivity index (χ2v) is 5.23. The van der Waals surface area contributed by atoms with E-state index in [0.29, 0.717) is 26.3 Å². The van der Waals surface area contributed by atoms with E-state index < -0.39 is 5.97 Å². The van der Waals surface area contributed by atoms with Crippen LogP contribution in [0.1, 0.15) is 19.3 Å². The normalized spacial score (nSPS) is 18.6. The van der Waals surface area contributed by atoms with Crippen LogP contribution in [0.5, 0.6) is 0 Å². The molecule has 7 nitrogen and oxygen atoms in total. The monoisotopic (exact) mass is 287 g/mol. The lowest BCUT2D eigenvalue weighted by molar-refractivity contribution is -0.137. The highest BCUT2D eigenvalue weighted by atomic mass is 16.5. The lowest BCUT2D eigenvalue weighted by atomic mass is 10.1. The number of carboxylic acids is 1. The molecule has 0 bridgehead atoms. The first-order valence-electron chi connectivity index (χ1n) is 6.99. The third kappa shape index (κ3) is 6.21. The van der Waals surface area contributed by atoms with Crippen LogP contribution < -0.4 is 5.32 Å². The van der Waals surface area contributed by atoms with Gasteiger partial charge in [-0.25, -0.2) is 4.79 Å². The molecule has 1 saturated heterocycles. The third-order valence-electron chi connectivity index (χ3n) is 3.25. The Hall–Kier alpha value is -1.34. The number of carbonyl (C=O) groups is 2. The van der Waals surface area contributed by atoms with E-state index in [2.05, 4.69) is 5.32 Å². The number of hydrogen-bond acceptors (Lipinski definition) is 4. The van der Waals surface area contributed by atoms with Gasteiger partial charge >= 0.3 is 12.0 Å². The van der Waals surface area contributed by atoms with Crippen LogP contribution in [-0.2, 0) is 9.53 Å². The highest BCUT2D eigenvalue weighted by Crippen LogP contribution is 2.19. The average molecular weight is 287 g/mol. The van der Waals surface area contributed by atoms with Crippen LogP contribution in [-0.4, -0.2) is 79.9 Å². The summed E-state index contributed by atoms with van der Waals surface area (Å²) >= 11 is 0. The molecule has 0 spiro atoms. The van der Waals surface area contributed by atoms with Crippen molar-refractivity contribution in [2.75, 3.05) is 46.9 Å². The van der Waals surface area contributed by atoms with Gasteiger partial charge in [0.2, 0.25) is 0 Å². The van der Waals surface area contributed by atoms with Crippen molar-refractivity contribution in [1.82, 2.24) is 15.1 Å². The number of aliphatic carboxylic acids is 1. The molecule has 1 fully saturated rings. The maximum atomic E-state index is 11.9. The summed E-state index contributed by atoms with van der Waals surface area (Å²) in [7, 11) is 3.95. The predicted molar refractivity (Wildman–Crippen MR) is 74.8 cm³/mol. The predicted octanol–water partition coefficient (Wildman–Crippen LogP) is 0.213. The van der Waals surface area contributed by atoms with E-state index in [0.717, 1.165) is 19.4 Å². The number of carbonyl (C=O) groups excluding carboxylic acids is 1. The standard InChI is InChI=1S/C13H25N3O4/c1-15(2)7-9-20-8-5-14-13(19)16-6-3-4-11(16)10-12(17)18/h11H,3-10H2,1-2H3,(H,14,19)(H,17,18). The molecule has 1 atom stereocenters. The van der Waals surface area contributed by atoms with E-state index in [1.54, 1.807) is 4.90 Å². The number of nitrogens with zero attached hydrogens (tertiary/aromatic N) is 2. The molecule has 2 N–H and O–H groups in total. The SMILES string of the molecule is CN(C)CCOCCNC(=O)N1CCCC1CC(=O)O. The summed E-state index contributed by atoms with van der Waals surface area (Å²) in [5.41, 5.74) is 0. The summed E-state index contributed by atoms with van der Waals surface area (Å²) in [6.07, 6.45) is 1.65. The summed E-state index contributed by atoms with van der Waals surface area (Å²) in [4.78, 5) is 26.3. The van der Waals surface area contributed by atoms with Crippen LogP contribution in [0, 0.1) is 0 Å². The third-order valence-corrected chi connectivity index (χ3v) is 3.25. The van der Waals surface area contributed by atoms with E-state index in [9.17, 15) is 9.59 Å². The Bertz CT molecular complexity index is 323. The number of carboxylic acid groups (broad SMARTS) is 1. The molecule has 116 valence electrons. The van der Waals surface area contributed by atoms with Crippen molar-refractivity contribution in [2.45, 2.75) is 25.3 Å². The topological polar surface area (TPSA) is 82.1 Å². The lowest BCUT2D eigenvalue weighted by Crippen LogP contribution is -2.44. The van der Waals surface area contributed by atoms with E-state index in [1.165, 1.54) is 0 Å². The quantitative estimate of drug-likeness (QED) is 0.624. The fourth-order valence-electron chi connectivity index (χ4n) is 2.20. The Kier molecular flexibility index (Phi) is 7.32. The maximum Gasteiger partial charge on any atom is 0.317 e. The van der Waals surface area contributed by atoms with Crippen molar-refractivity contribution in [3.63, 3.8) is 0 Å². The van der Waals surface area contributed by atoms with Crippen LogP contribution in [0.2, 0.25) is 0 Å². The molecule has 2 amide bonds. The number of urea groups is 1. The highest BCUT2D eigenvalue weighted by molar-refractivity contribution is 5.76. The number of likely N-dealkylation sites (tertiary alicyclic amines) is 1. The Morgan fingerprint density at radius 1 is 1.40 bits per heavy atom. The van der Waals surface area contributed by atoms with Gasteiger partial charge in [0.15, 0.2) is 0 Å². The number of amides is 2. The largest absolute Gasteiger partial charge is 0.481 e. The van der Waals surface area contributed by atoms with Crippen LogP contribution in [0.4, 0.5) is 4.79 Å². The minimum absolute atomic E-state index is 0.0206. The van der Waals surface area contributed by atoms with Gasteiger partial charge in [-0.15, -0.1) is 0 Å². The summed E-state index contributed by atoms with van der Waals surface area (Å²) in [5, 5.41) is 11.6. The van der Waals surface area contributed by atoms with Gasteiger partial charge in [0.1, 0.15) is 0 Å². The van der Waals surface area contributed by atoms with Gasteiger partial charge in [0, 0.05) is 25.7 Å². The zero-order chi connectivity index (χ0) is 15.0. The zero-order valence-electron chi connectivity index (χ0n) is 12.3. The molecule has 0 saturated carbocycles. The van der Waals surface area contributed by atoms with Crippen molar-refractivity contribution in [3.05, 3.63) is 0 Å². The van der Waals surface area contributed by atoms with Crippen LogP contribution in [0.25, 0.3) is 0 Å². The average Bonchev–Trinajstić information content (AvgIpc) is 2.80. The molecule has 0 aromatic heterocycles. The molecule has 0 aliphatic carbocycles. The van der Waals surface area contributed by atoms with E-state index >= 15 is 0 Å². The molecule has 0 radical (unpaired) electrons.